The van der Waals surface area contributed by atoms with Gasteiger partial charge in [-0.2, -0.15) is 0 Å². The van der Waals surface area contributed by atoms with Crippen molar-refractivity contribution in [3.8, 4) is 0 Å². The third kappa shape index (κ3) is 3.62. The first-order valence-electron chi connectivity index (χ1n) is 5.94. The van der Waals surface area contributed by atoms with Gasteiger partial charge in [-0.25, -0.2) is 8.78 Å². The van der Waals surface area contributed by atoms with E-state index >= 15 is 0 Å². The van der Waals surface area contributed by atoms with Crippen LogP contribution in [-0.4, -0.2) is 30.6 Å². The van der Waals surface area contributed by atoms with Gasteiger partial charge in [-0.1, -0.05) is 0 Å². The Labute approximate surface area is 114 Å². The fourth-order valence-corrected chi connectivity index (χ4v) is 1.67. The second-order valence-corrected chi connectivity index (χ2v) is 3.83. The summed E-state index contributed by atoms with van der Waals surface area (Å²) in [6, 6.07) is 1.23. The molecule has 0 spiro atoms. The minimum Gasteiger partial charge on any atom is -0.465 e. The summed E-state index contributed by atoms with van der Waals surface area (Å²) in [5.74, 6) is -2.82. The molecular formula is C12H14F2N2O4. The van der Waals surface area contributed by atoms with Crippen LogP contribution in [-0.2, 0) is 9.53 Å². The molecule has 0 heterocycles. The number of nitro benzene ring substituents is 1. The molecule has 0 aliphatic carbocycles. The molecule has 0 N–H and O–H groups in total. The fraction of sp³-hybridized carbons (Fsp3) is 0.417. The number of carbonyl (C=O) groups excluding carboxylic acids is 1. The van der Waals surface area contributed by atoms with Crippen molar-refractivity contribution in [3.05, 3.63) is 33.9 Å². The number of anilines is 1. The van der Waals surface area contributed by atoms with E-state index in [0.717, 1.165) is 4.90 Å². The van der Waals surface area contributed by atoms with Gasteiger partial charge >= 0.3 is 5.97 Å². The van der Waals surface area contributed by atoms with E-state index < -0.39 is 33.9 Å². The van der Waals surface area contributed by atoms with Crippen molar-refractivity contribution in [3.63, 3.8) is 0 Å². The second-order valence-electron chi connectivity index (χ2n) is 3.83. The zero-order chi connectivity index (χ0) is 15.3. The van der Waals surface area contributed by atoms with Crippen molar-refractivity contribution >= 4 is 17.3 Å². The zero-order valence-corrected chi connectivity index (χ0v) is 11.1. The lowest BCUT2D eigenvalue weighted by Crippen LogP contribution is -2.32. The van der Waals surface area contributed by atoms with E-state index in [2.05, 4.69) is 0 Å². The van der Waals surface area contributed by atoms with E-state index in [1.54, 1.807) is 13.8 Å². The summed E-state index contributed by atoms with van der Waals surface area (Å²) >= 11 is 0. The van der Waals surface area contributed by atoms with Crippen molar-refractivity contribution in [2.24, 2.45) is 0 Å². The Morgan fingerprint density at radius 3 is 2.30 bits per heavy atom. The summed E-state index contributed by atoms with van der Waals surface area (Å²) in [5.41, 5.74) is -1.16. The molecule has 20 heavy (non-hydrogen) atoms. The molecule has 8 heteroatoms. The number of nitro groups is 1. The van der Waals surface area contributed by atoms with Crippen molar-refractivity contribution in [2.75, 3.05) is 24.6 Å². The molecule has 0 unspecified atom stereocenters. The fourth-order valence-electron chi connectivity index (χ4n) is 1.67. The molecule has 0 bridgehead atoms. The number of halogens is 2. The Morgan fingerprint density at radius 2 is 1.90 bits per heavy atom. The second kappa shape index (κ2) is 6.78. The van der Waals surface area contributed by atoms with Crippen LogP contribution in [0, 0.1) is 21.7 Å². The number of ether oxygens (including phenoxy) is 1. The molecule has 0 aromatic heterocycles. The summed E-state index contributed by atoms with van der Waals surface area (Å²) in [6.45, 7) is 3.17. The quantitative estimate of drug-likeness (QED) is 0.456. The zero-order valence-electron chi connectivity index (χ0n) is 11.1. The number of likely N-dealkylation sites (N-methyl/N-ethyl adjacent to an activating group) is 1. The summed E-state index contributed by atoms with van der Waals surface area (Å²) in [6.07, 6.45) is 0. The molecule has 0 saturated heterocycles. The SMILES string of the molecule is CCOC(=O)CN(CC)c1c(F)cc([N+](=O)[O-])cc1F. The van der Waals surface area contributed by atoms with Crippen LogP contribution in [0.1, 0.15) is 13.8 Å². The summed E-state index contributed by atoms with van der Waals surface area (Å²) in [7, 11) is 0. The molecule has 0 amide bonds. The lowest BCUT2D eigenvalue weighted by molar-refractivity contribution is -0.385. The van der Waals surface area contributed by atoms with E-state index in [1.807, 2.05) is 0 Å². The van der Waals surface area contributed by atoms with Gasteiger partial charge in [0.25, 0.3) is 5.69 Å². The molecule has 1 rings (SSSR count). The van der Waals surface area contributed by atoms with Crippen molar-refractivity contribution in [2.45, 2.75) is 13.8 Å². The average Bonchev–Trinajstić information content (AvgIpc) is 2.36. The molecule has 1 aromatic rings. The maximum Gasteiger partial charge on any atom is 0.325 e. The smallest absolute Gasteiger partial charge is 0.325 e. The lowest BCUT2D eigenvalue weighted by atomic mass is 10.2. The topological polar surface area (TPSA) is 72.7 Å². The monoisotopic (exact) mass is 288 g/mol. The molecule has 0 radical (unpaired) electrons. The lowest BCUT2D eigenvalue weighted by Gasteiger charge is -2.22. The Kier molecular flexibility index (Phi) is 5.36. The van der Waals surface area contributed by atoms with E-state index in [4.69, 9.17) is 4.74 Å². The Hall–Kier alpha value is -2.25. The standard InChI is InChI=1S/C12H14F2N2O4/c1-3-15(7-11(17)20-4-2)12-9(13)5-8(16(18)19)6-10(12)14/h5-6H,3-4,7H2,1-2H3. The highest BCUT2D eigenvalue weighted by atomic mass is 19.1. The minimum atomic E-state index is -1.09. The Bertz CT molecular complexity index is 499. The van der Waals surface area contributed by atoms with Crippen LogP contribution >= 0.6 is 0 Å². The Balaban J connectivity index is 3.09. The molecule has 0 aliphatic rings. The predicted molar refractivity (Wildman–Crippen MR) is 67.5 cm³/mol. The van der Waals surface area contributed by atoms with Crippen LogP contribution in [0.5, 0.6) is 0 Å². The number of hydrogen-bond acceptors (Lipinski definition) is 5. The van der Waals surface area contributed by atoms with Crippen molar-refractivity contribution < 1.29 is 23.2 Å². The average molecular weight is 288 g/mol. The van der Waals surface area contributed by atoms with E-state index in [1.165, 1.54) is 0 Å². The molecule has 0 atom stereocenters. The van der Waals surface area contributed by atoms with E-state index in [-0.39, 0.29) is 19.7 Å². The normalized spacial score (nSPS) is 10.2. The largest absolute Gasteiger partial charge is 0.465 e. The van der Waals surface area contributed by atoms with Gasteiger partial charge in [-0.05, 0) is 13.8 Å². The molecule has 6 nitrogen and oxygen atoms in total. The molecule has 0 fully saturated rings. The molecule has 1 aromatic carbocycles. The third-order valence-electron chi connectivity index (χ3n) is 2.54. The highest BCUT2D eigenvalue weighted by Gasteiger charge is 2.22. The first-order valence-corrected chi connectivity index (χ1v) is 5.94. The van der Waals surface area contributed by atoms with Gasteiger partial charge in [0, 0.05) is 6.54 Å². The number of esters is 1. The van der Waals surface area contributed by atoms with Gasteiger partial charge in [0.2, 0.25) is 0 Å². The number of carbonyl (C=O) groups is 1. The highest BCUT2D eigenvalue weighted by molar-refractivity contribution is 5.76. The van der Waals surface area contributed by atoms with Gasteiger partial charge < -0.3 is 9.64 Å². The van der Waals surface area contributed by atoms with E-state index in [9.17, 15) is 23.7 Å². The number of nitrogens with zero attached hydrogens (tertiary/aromatic N) is 2. The molecular weight excluding hydrogens is 274 g/mol. The number of benzene rings is 1. The molecule has 0 saturated carbocycles. The van der Waals surface area contributed by atoms with Gasteiger partial charge in [0.15, 0.2) is 11.6 Å². The van der Waals surface area contributed by atoms with Gasteiger partial charge in [0.1, 0.15) is 12.2 Å². The maximum absolute atomic E-state index is 13.8. The van der Waals surface area contributed by atoms with Crippen molar-refractivity contribution in [1.29, 1.82) is 0 Å². The highest BCUT2D eigenvalue weighted by Crippen LogP contribution is 2.28. The Morgan fingerprint density at radius 1 is 1.35 bits per heavy atom. The van der Waals surface area contributed by atoms with E-state index in [0.29, 0.717) is 12.1 Å². The molecule has 110 valence electrons. The summed E-state index contributed by atoms with van der Waals surface area (Å²) in [5, 5.41) is 10.5. The number of rotatable bonds is 6. The number of non-ortho nitro benzene ring substituents is 1. The minimum absolute atomic E-state index is 0.143. The summed E-state index contributed by atoms with van der Waals surface area (Å²) < 4.78 is 32.3. The first-order chi connectivity index (χ1) is 9.40. The predicted octanol–water partition coefficient (Wildman–Crippen LogP) is 2.26. The summed E-state index contributed by atoms with van der Waals surface area (Å²) in [4.78, 5) is 22.1. The first kappa shape index (κ1) is 15.8. The van der Waals surface area contributed by atoms with Gasteiger partial charge in [-0.3, -0.25) is 14.9 Å². The van der Waals surface area contributed by atoms with Crippen LogP contribution in [0.15, 0.2) is 12.1 Å². The molecule has 0 aliphatic heterocycles. The van der Waals surface area contributed by atoms with Crippen LogP contribution in [0.25, 0.3) is 0 Å². The van der Waals surface area contributed by atoms with Gasteiger partial charge in [0.05, 0.1) is 23.7 Å². The van der Waals surface area contributed by atoms with Crippen LogP contribution in [0.2, 0.25) is 0 Å². The maximum atomic E-state index is 13.8. The number of hydrogen-bond donors (Lipinski definition) is 0. The van der Waals surface area contributed by atoms with Gasteiger partial charge in [-0.15, -0.1) is 0 Å². The van der Waals surface area contributed by atoms with Crippen LogP contribution in [0.3, 0.4) is 0 Å². The third-order valence-corrected chi connectivity index (χ3v) is 2.54. The van der Waals surface area contributed by atoms with Crippen molar-refractivity contribution in [1.82, 2.24) is 0 Å². The van der Waals surface area contributed by atoms with Crippen LogP contribution in [0.4, 0.5) is 20.2 Å². The van der Waals surface area contributed by atoms with Crippen LogP contribution < -0.4 is 4.90 Å².